The Hall–Kier alpha value is -2.26. The molecule has 0 fully saturated rings. The predicted molar refractivity (Wildman–Crippen MR) is 153 cm³/mol. The molecule has 0 aliphatic rings. The second-order valence-electron chi connectivity index (χ2n) is 6.99. The van der Waals surface area contributed by atoms with E-state index in [0.29, 0.717) is 11.5 Å². The van der Waals surface area contributed by atoms with Gasteiger partial charge in [0.1, 0.15) is 11.5 Å². The summed E-state index contributed by atoms with van der Waals surface area (Å²) in [5.74, 6) is 0.745. The number of hydrogen-bond donors (Lipinski definition) is 1. The minimum atomic E-state index is -3.70. The Labute approximate surface area is 232 Å². The maximum atomic E-state index is 12.3. The van der Waals surface area contributed by atoms with E-state index in [1.165, 1.54) is 24.3 Å². The van der Waals surface area contributed by atoms with Gasteiger partial charge in [-0.2, -0.15) is 0 Å². The smallest absolute Gasteiger partial charge is 0.404 e. The first kappa shape index (κ1) is 33.8. The Morgan fingerprint density at radius 3 is 1.21 bits per heavy atom. The van der Waals surface area contributed by atoms with Crippen LogP contribution in [0.5, 0.6) is 11.5 Å². The lowest BCUT2D eigenvalue weighted by Gasteiger charge is -2.17. The molecule has 0 aromatic heterocycles. The van der Waals surface area contributed by atoms with Gasteiger partial charge >= 0.3 is 15.6 Å². The van der Waals surface area contributed by atoms with Crippen LogP contribution in [0.1, 0.15) is 11.1 Å². The van der Waals surface area contributed by atoms with E-state index in [-0.39, 0.29) is 33.0 Å². The topological polar surface area (TPSA) is 110 Å². The molecule has 0 spiro atoms. The summed E-state index contributed by atoms with van der Waals surface area (Å²) in [4.78, 5) is 0. The SMILES string of the molecule is C=CCOP(=O)(OCC=C)Oc1ccc(CBr)cc1.C=CCOP(=O)(OCC=C)Oc1ccc(CO)cc1. The molecule has 0 amide bonds. The van der Waals surface area contributed by atoms with Gasteiger partial charge in [-0.05, 0) is 35.4 Å². The number of alkyl halides is 1. The number of aliphatic hydroxyl groups excluding tert-OH is 1. The Morgan fingerprint density at radius 2 is 0.947 bits per heavy atom. The molecule has 2 aromatic carbocycles. The van der Waals surface area contributed by atoms with Crippen molar-refractivity contribution < 1.29 is 41.4 Å². The van der Waals surface area contributed by atoms with Crippen LogP contribution in [0.25, 0.3) is 0 Å². The van der Waals surface area contributed by atoms with Crippen LogP contribution >= 0.6 is 31.6 Å². The molecule has 0 heterocycles. The molecule has 0 saturated heterocycles. The summed E-state index contributed by atoms with van der Waals surface area (Å²) >= 11 is 3.34. The highest BCUT2D eigenvalue weighted by Gasteiger charge is 2.28. The van der Waals surface area contributed by atoms with E-state index in [4.69, 9.17) is 32.2 Å². The third-order valence-corrected chi connectivity index (χ3v) is 7.40. The van der Waals surface area contributed by atoms with Gasteiger partial charge in [0.05, 0.1) is 33.0 Å². The summed E-state index contributed by atoms with van der Waals surface area (Å²) in [5.41, 5.74) is 1.81. The average Bonchev–Trinajstić information content (AvgIpc) is 2.94. The maximum Gasteiger partial charge on any atom is 0.530 e. The van der Waals surface area contributed by atoms with Crippen LogP contribution in [0, 0.1) is 0 Å². The van der Waals surface area contributed by atoms with Crippen molar-refractivity contribution in [3.63, 3.8) is 0 Å². The van der Waals surface area contributed by atoms with Crippen LogP contribution in [0.4, 0.5) is 0 Å². The third-order valence-electron chi connectivity index (χ3n) is 4.02. The largest absolute Gasteiger partial charge is 0.530 e. The highest BCUT2D eigenvalue weighted by atomic mass is 79.9. The van der Waals surface area contributed by atoms with Gasteiger partial charge in [-0.25, -0.2) is 9.13 Å². The van der Waals surface area contributed by atoms with E-state index >= 15 is 0 Å². The molecule has 0 aliphatic carbocycles. The molecule has 0 unspecified atom stereocenters. The second-order valence-corrected chi connectivity index (χ2v) is 10.7. The molecule has 12 heteroatoms. The first-order chi connectivity index (χ1) is 18.3. The van der Waals surface area contributed by atoms with Gasteiger partial charge in [-0.3, -0.25) is 18.1 Å². The molecule has 0 radical (unpaired) electrons. The highest BCUT2D eigenvalue weighted by Crippen LogP contribution is 2.50. The first-order valence-corrected chi connectivity index (χ1v) is 15.3. The molecular weight excluding hydrogens is 598 g/mol. The highest BCUT2D eigenvalue weighted by molar-refractivity contribution is 9.08. The standard InChI is InChI=1S/C13H16BrO4P.C13H17O5P/c2*1-3-9-16-19(15,17-10-4-2)18-13-7-5-12(11-14)6-8-13/h3-8H,1-2,9-11H2;3-8,14H,1-2,9-11H2. The van der Waals surface area contributed by atoms with Crippen molar-refractivity contribution in [2.45, 2.75) is 11.9 Å². The maximum absolute atomic E-state index is 12.3. The lowest BCUT2D eigenvalue weighted by Crippen LogP contribution is -2.03. The Kier molecular flexibility index (Phi) is 16.8. The number of aliphatic hydroxyl groups is 1. The summed E-state index contributed by atoms with van der Waals surface area (Å²) in [6.45, 7) is 14.1. The molecule has 0 saturated carbocycles. The Morgan fingerprint density at radius 1 is 0.632 bits per heavy atom. The zero-order chi connectivity index (χ0) is 28.3. The van der Waals surface area contributed by atoms with Crippen molar-refractivity contribution >= 4 is 31.6 Å². The van der Waals surface area contributed by atoms with Crippen molar-refractivity contribution in [2.24, 2.45) is 0 Å². The summed E-state index contributed by atoms with van der Waals surface area (Å²) in [6, 6.07) is 13.6. The van der Waals surface area contributed by atoms with Crippen LogP contribution in [-0.2, 0) is 39.2 Å². The third kappa shape index (κ3) is 13.5. The predicted octanol–water partition coefficient (Wildman–Crippen LogP) is 7.54. The Bertz CT molecular complexity index is 969. The number of benzene rings is 2. The van der Waals surface area contributed by atoms with Gasteiger partial charge < -0.3 is 14.2 Å². The van der Waals surface area contributed by atoms with Crippen LogP contribution in [0.3, 0.4) is 0 Å². The van der Waals surface area contributed by atoms with Crippen LogP contribution in [0.15, 0.2) is 99.2 Å². The van der Waals surface area contributed by atoms with Crippen LogP contribution < -0.4 is 9.05 Å². The van der Waals surface area contributed by atoms with Gasteiger partial charge in [0.2, 0.25) is 0 Å². The molecule has 2 rings (SSSR count). The normalized spacial score (nSPS) is 11.0. The molecule has 0 atom stereocenters. The minimum Gasteiger partial charge on any atom is -0.404 e. The number of phosphoric ester groups is 2. The van der Waals surface area contributed by atoms with Gasteiger partial charge in [-0.1, -0.05) is 64.5 Å². The summed E-state index contributed by atoms with van der Waals surface area (Å²) in [5, 5.41) is 9.67. The van der Waals surface area contributed by atoms with Crippen molar-refractivity contribution in [1.29, 1.82) is 0 Å². The first-order valence-electron chi connectivity index (χ1n) is 11.2. The number of hydrogen-bond acceptors (Lipinski definition) is 9. The molecule has 1 N–H and O–H groups in total. The molecule has 0 aliphatic heterocycles. The summed E-state index contributed by atoms with van der Waals surface area (Å²) in [7, 11) is -7.35. The van der Waals surface area contributed by atoms with Gasteiger partial charge in [0.25, 0.3) is 0 Å². The van der Waals surface area contributed by atoms with Crippen LogP contribution in [-0.4, -0.2) is 31.5 Å². The van der Waals surface area contributed by atoms with E-state index < -0.39 is 15.6 Å². The van der Waals surface area contributed by atoms with Crippen molar-refractivity contribution in [1.82, 2.24) is 0 Å². The molecule has 2 aromatic rings. The lowest BCUT2D eigenvalue weighted by molar-refractivity contribution is 0.179. The molecular formula is C26H33BrO9P2. The van der Waals surface area contributed by atoms with Gasteiger partial charge in [0, 0.05) is 5.33 Å². The molecule has 0 bridgehead atoms. The van der Waals surface area contributed by atoms with Crippen molar-refractivity contribution in [2.75, 3.05) is 26.4 Å². The van der Waals surface area contributed by atoms with E-state index in [1.807, 2.05) is 12.1 Å². The zero-order valence-electron chi connectivity index (χ0n) is 21.0. The number of phosphoric acid groups is 2. The van der Waals surface area contributed by atoms with Crippen LogP contribution in [0.2, 0.25) is 0 Å². The fourth-order valence-electron chi connectivity index (χ4n) is 2.31. The van der Waals surface area contributed by atoms with E-state index in [9.17, 15) is 9.13 Å². The molecule has 9 nitrogen and oxygen atoms in total. The molecule has 208 valence electrons. The average molecular weight is 631 g/mol. The summed E-state index contributed by atoms with van der Waals surface area (Å²) < 4.78 is 55.3. The number of rotatable bonds is 18. The lowest BCUT2D eigenvalue weighted by atomic mass is 10.2. The quantitative estimate of drug-likeness (QED) is 0.101. The van der Waals surface area contributed by atoms with Gasteiger partial charge in [-0.15, -0.1) is 26.3 Å². The van der Waals surface area contributed by atoms with Crippen molar-refractivity contribution in [3.05, 3.63) is 110 Å². The summed E-state index contributed by atoms with van der Waals surface area (Å²) in [6.07, 6.45) is 5.84. The zero-order valence-corrected chi connectivity index (χ0v) is 24.4. The van der Waals surface area contributed by atoms with E-state index in [1.54, 1.807) is 36.4 Å². The monoisotopic (exact) mass is 630 g/mol. The fraction of sp³-hybridized carbons (Fsp3) is 0.231. The minimum absolute atomic E-state index is 0.0448. The van der Waals surface area contributed by atoms with Crippen molar-refractivity contribution in [3.8, 4) is 11.5 Å². The Balaban J connectivity index is 0.000000380. The van der Waals surface area contributed by atoms with Gasteiger partial charge in [0.15, 0.2) is 0 Å². The van der Waals surface area contributed by atoms with E-state index in [0.717, 1.165) is 16.5 Å². The van der Waals surface area contributed by atoms with E-state index in [2.05, 4.69) is 42.2 Å². The second kappa shape index (κ2) is 18.9. The number of halogens is 1. The fourth-order valence-corrected chi connectivity index (χ4v) is 4.95. The molecule has 38 heavy (non-hydrogen) atoms.